The van der Waals surface area contributed by atoms with Gasteiger partial charge in [0.1, 0.15) is 22.9 Å². The normalized spacial score (nSPS) is 25.5. The van der Waals surface area contributed by atoms with Crippen molar-refractivity contribution >= 4 is 27.6 Å². The van der Waals surface area contributed by atoms with Crippen molar-refractivity contribution in [3.63, 3.8) is 0 Å². The van der Waals surface area contributed by atoms with Crippen LogP contribution in [-0.4, -0.2) is 33.3 Å². The molecule has 1 unspecified atom stereocenters. The van der Waals surface area contributed by atoms with E-state index in [0.29, 0.717) is 5.92 Å². The first-order valence-electron chi connectivity index (χ1n) is 12.2. The number of hydrogen-bond acceptors (Lipinski definition) is 6. The molecule has 1 saturated carbocycles. The van der Waals surface area contributed by atoms with Crippen LogP contribution in [0.3, 0.4) is 0 Å². The Balaban J connectivity index is 1.46. The Morgan fingerprint density at radius 1 is 1.22 bits per heavy atom. The fourth-order valence-corrected chi connectivity index (χ4v) is 6.50. The minimum absolute atomic E-state index is 0.106. The summed E-state index contributed by atoms with van der Waals surface area (Å²) in [5.41, 5.74) is 0.737. The fourth-order valence-electron chi connectivity index (χ4n) is 5.27. The Morgan fingerprint density at radius 2 is 1.97 bits per heavy atom. The molecule has 32 heavy (non-hydrogen) atoms. The summed E-state index contributed by atoms with van der Waals surface area (Å²) in [5.74, 6) is 1.36. The molecule has 4 rings (SSSR count). The number of alkyl carbamates (subject to hydrolysis) is 1. The molecule has 2 aromatic rings. The average molecular weight is 460 g/mol. The number of nitrogens with one attached hydrogen (secondary N) is 1. The Labute approximate surface area is 195 Å². The van der Waals surface area contributed by atoms with Crippen molar-refractivity contribution in [1.29, 1.82) is 0 Å². The van der Waals surface area contributed by atoms with Gasteiger partial charge < -0.3 is 14.8 Å². The maximum absolute atomic E-state index is 12.4. The van der Waals surface area contributed by atoms with Crippen LogP contribution >= 0.6 is 11.3 Å². The highest BCUT2D eigenvalue weighted by atomic mass is 32.1. The number of carbonyl (C=O) groups excluding carboxylic acids is 1. The summed E-state index contributed by atoms with van der Waals surface area (Å²) in [4.78, 5) is 24.1. The van der Waals surface area contributed by atoms with Gasteiger partial charge in [0.25, 0.3) is 0 Å². The van der Waals surface area contributed by atoms with Gasteiger partial charge in [-0.3, -0.25) is 0 Å². The number of thiophene rings is 1. The highest BCUT2D eigenvalue weighted by Crippen LogP contribution is 2.48. The van der Waals surface area contributed by atoms with Gasteiger partial charge >= 0.3 is 6.09 Å². The second-order valence-corrected chi connectivity index (χ2v) is 11.5. The van der Waals surface area contributed by atoms with Crippen LogP contribution in [0.1, 0.15) is 102 Å². The van der Waals surface area contributed by atoms with Crippen LogP contribution in [-0.2, 0) is 11.2 Å². The molecule has 2 aromatic heterocycles. The number of amides is 1. The molecule has 1 amide bonds. The molecule has 1 fully saturated rings. The number of aryl methyl sites for hydroxylation is 1. The molecule has 0 spiro atoms. The predicted molar refractivity (Wildman–Crippen MR) is 129 cm³/mol. The van der Waals surface area contributed by atoms with E-state index >= 15 is 0 Å². The van der Waals surface area contributed by atoms with Gasteiger partial charge in [0, 0.05) is 10.4 Å². The molecule has 176 valence electrons. The minimum Gasteiger partial charge on any atom is -0.474 e. The number of fused-ring (bicyclic) bond motifs is 3. The number of hydrogen-bond donors (Lipinski definition) is 1. The quantitative estimate of drug-likeness (QED) is 0.532. The van der Waals surface area contributed by atoms with Gasteiger partial charge in [-0.25, -0.2) is 14.8 Å². The van der Waals surface area contributed by atoms with Gasteiger partial charge in [0.2, 0.25) is 5.88 Å². The molecular formula is C25H37N3O3S. The van der Waals surface area contributed by atoms with E-state index in [-0.39, 0.29) is 17.7 Å². The van der Waals surface area contributed by atoms with E-state index in [0.717, 1.165) is 54.6 Å². The van der Waals surface area contributed by atoms with Gasteiger partial charge in [-0.15, -0.1) is 11.3 Å². The summed E-state index contributed by atoms with van der Waals surface area (Å²) in [6, 6.07) is 0. The lowest BCUT2D eigenvalue weighted by Crippen LogP contribution is -2.52. The molecule has 2 heterocycles. The van der Waals surface area contributed by atoms with E-state index < -0.39 is 5.60 Å². The number of nitrogens with zero attached hydrogens (tertiary/aromatic N) is 2. The molecule has 2 aliphatic rings. The van der Waals surface area contributed by atoms with E-state index in [4.69, 9.17) is 9.47 Å². The van der Waals surface area contributed by atoms with Crippen LogP contribution in [0.15, 0.2) is 6.33 Å². The highest BCUT2D eigenvalue weighted by Gasteiger charge is 2.38. The standard InChI is InChI=1S/C25H37N3O3S/c1-6-8-16-9-10-18-19(16)20-21(26-15-27-22(20)32-18)30-17-11-13-25(7-2,14-12-17)28-23(29)31-24(3,4)5/h15-17H,6-14H2,1-5H3,(H,28,29). The molecule has 2 aliphatic carbocycles. The smallest absolute Gasteiger partial charge is 0.408 e. The number of ether oxygens (including phenoxy) is 2. The van der Waals surface area contributed by atoms with E-state index in [1.165, 1.54) is 29.7 Å². The van der Waals surface area contributed by atoms with E-state index in [1.807, 2.05) is 32.1 Å². The van der Waals surface area contributed by atoms with Gasteiger partial charge in [-0.1, -0.05) is 20.3 Å². The van der Waals surface area contributed by atoms with Crippen molar-refractivity contribution in [2.24, 2.45) is 0 Å². The van der Waals surface area contributed by atoms with Gasteiger partial charge in [0.15, 0.2) is 0 Å². The summed E-state index contributed by atoms with van der Waals surface area (Å²) in [5, 5.41) is 4.32. The number of carbonyl (C=O) groups is 1. The first-order valence-corrected chi connectivity index (χ1v) is 13.0. The maximum atomic E-state index is 12.4. The van der Waals surface area contributed by atoms with Crippen molar-refractivity contribution < 1.29 is 14.3 Å². The van der Waals surface area contributed by atoms with Crippen molar-refractivity contribution in [1.82, 2.24) is 15.3 Å². The maximum Gasteiger partial charge on any atom is 0.408 e. The number of aromatic nitrogens is 2. The van der Waals surface area contributed by atoms with Crippen molar-refractivity contribution in [3.05, 3.63) is 16.8 Å². The van der Waals surface area contributed by atoms with Gasteiger partial charge in [0.05, 0.1) is 5.39 Å². The van der Waals surface area contributed by atoms with Crippen molar-refractivity contribution in [2.45, 2.75) is 116 Å². The van der Waals surface area contributed by atoms with Gasteiger partial charge in [-0.2, -0.15) is 0 Å². The zero-order valence-corrected chi connectivity index (χ0v) is 20.9. The SMILES string of the molecule is CCCC1CCc2sc3ncnc(OC4CCC(CC)(NC(=O)OC(C)(C)C)CC4)c3c21. The Hall–Kier alpha value is -1.89. The van der Waals surface area contributed by atoms with Crippen LogP contribution in [0.2, 0.25) is 0 Å². The highest BCUT2D eigenvalue weighted by molar-refractivity contribution is 7.19. The Morgan fingerprint density at radius 3 is 2.62 bits per heavy atom. The lowest BCUT2D eigenvalue weighted by Gasteiger charge is -2.40. The summed E-state index contributed by atoms with van der Waals surface area (Å²) < 4.78 is 12.0. The Bertz CT molecular complexity index is 957. The second kappa shape index (κ2) is 9.16. The van der Waals surface area contributed by atoms with Gasteiger partial charge in [-0.05, 0) is 83.6 Å². The summed E-state index contributed by atoms with van der Waals surface area (Å²) in [7, 11) is 0. The largest absolute Gasteiger partial charge is 0.474 e. The van der Waals surface area contributed by atoms with Crippen LogP contribution in [0.25, 0.3) is 10.2 Å². The first-order chi connectivity index (χ1) is 15.2. The molecule has 6 nitrogen and oxygen atoms in total. The molecule has 1 N–H and O–H groups in total. The predicted octanol–water partition coefficient (Wildman–Crippen LogP) is 6.52. The summed E-state index contributed by atoms with van der Waals surface area (Å²) in [6.45, 7) is 10.1. The van der Waals surface area contributed by atoms with E-state index in [1.54, 1.807) is 6.33 Å². The van der Waals surface area contributed by atoms with Crippen LogP contribution < -0.4 is 10.1 Å². The molecule has 0 radical (unpaired) electrons. The van der Waals surface area contributed by atoms with Crippen LogP contribution in [0.5, 0.6) is 5.88 Å². The lowest BCUT2D eigenvalue weighted by molar-refractivity contribution is 0.0355. The molecule has 0 aliphatic heterocycles. The first kappa shape index (κ1) is 23.3. The van der Waals surface area contributed by atoms with Crippen LogP contribution in [0, 0.1) is 0 Å². The molecule has 1 atom stereocenters. The monoisotopic (exact) mass is 459 g/mol. The third kappa shape index (κ3) is 4.87. The topological polar surface area (TPSA) is 73.3 Å². The Kier molecular flexibility index (Phi) is 6.66. The van der Waals surface area contributed by atoms with Crippen molar-refractivity contribution in [3.8, 4) is 5.88 Å². The fraction of sp³-hybridized carbons (Fsp3) is 0.720. The van der Waals surface area contributed by atoms with E-state index in [9.17, 15) is 4.79 Å². The third-order valence-electron chi connectivity index (χ3n) is 6.94. The molecule has 0 bridgehead atoms. The zero-order valence-electron chi connectivity index (χ0n) is 20.1. The summed E-state index contributed by atoms with van der Waals surface area (Å²) in [6.07, 6.45) is 10.6. The average Bonchev–Trinajstić information content (AvgIpc) is 3.28. The second-order valence-electron chi connectivity index (χ2n) is 10.4. The number of rotatable bonds is 6. The molecular weight excluding hydrogens is 422 g/mol. The van der Waals surface area contributed by atoms with Crippen LogP contribution in [0.4, 0.5) is 4.79 Å². The van der Waals surface area contributed by atoms with Crippen molar-refractivity contribution in [2.75, 3.05) is 0 Å². The lowest BCUT2D eigenvalue weighted by atomic mass is 9.78. The minimum atomic E-state index is -0.492. The van der Waals surface area contributed by atoms with E-state index in [2.05, 4.69) is 29.1 Å². The molecule has 7 heteroatoms. The molecule has 0 saturated heterocycles. The summed E-state index contributed by atoms with van der Waals surface area (Å²) >= 11 is 1.81. The molecule has 0 aromatic carbocycles. The zero-order chi connectivity index (χ0) is 22.9. The third-order valence-corrected chi connectivity index (χ3v) is 8.12.